The second-order valence-electron chi connectivity index (χ2n) is 17.6. The van der Waals surface area contributed by atoms with Gasteiger partial charge in [0.1, 0.15) is 11.5 Å². The van der Waals surface area contributed by atoms with E-state index in [1.165, 1.54) is 77.4 Å². The van der Waals surface area contributed by atoms with Gasteiger partial charge in [-0.1, -0.05) is 184 Å². The van der Waals surface area contributed by atoms with E-state index in [-0.39, 0.29) is 5.41 Å². The highest BCUT2D eigenvalue weighted by Gasteiger charge is 2.52. The Labute approximate surface area is 362 Å². The lowest BCUT2D eigenvalue weighted by molar-refractivity contribution is 0.441. The van der Waals surface area contributed by atoms with E-state index in [4.69, 9.17) is 4.74 Å². The number of benzene rings is 10. The fourth-order valence-electron chi connectivity index (χ4n) is 11.3. The van der Waals surface area contributed by atoms with Gasteiger partial charge in [0, 0.05) is 38.9 Å². The fraction of sp³-hybridized carbons (Fsp3) is 0.0667. The van der Waals surface area contributed by atoms with E-state index in [2.05, 4.69) is 231 Å². The molecule has 0 saturated heterocycles. The first-order chi connectivity index (χ1) is 30.5. The van der Waals surface area contributed by atoms with Crippen LogP contribution in [0.1, 0.15) is 47.2 Å². The zero-order chi connectivity index (χ0) is 41.2. The number of hydrogen-bond donors (Lipinski definition) is 0. The molecule has 0 radical (unpaired) electrons. The normalized spacial score (nSPS) is 15.9. The van der Waals surface area contributed by atoms with Crippen LogP contribution in [-0.2, 0) is 10.8 Å². The van der Waals surface area contributed by atoms with Crippen LogP contribution in [0.25, 0.3) is 54.9 Å². The van der Waals surface area contributed by atoms with Crippen LogP contribution in [0.5, 0.6) is 11.5 Å². The zero-order valence-electron chi connectivity index (χ0n) is 34.6. The summed E-state index contributed by atoms with van der Waals surface area (Å²) in [6, 6.07) is 78.5. The molecule has 0 bridgehead atoms. The average molecular weight is 792 g/mol. The highest BCUT2D eigenvalue weighted by Crippen LogP contribution is 2.65. The van der Waals surface area contributed by atoms with Crippen LogP contribution in [0.3, 0.4) is 0 Å². The van der Waals surface area contributed by atoms with Gasteiger partial charge in [-0.2, -0.15) is 0 Å². The second-order valence-corrected chi connectivity index (χ2v) is 17.6. The molecule has 13 rings (SSSR count). The summed E-state index contributed by atoms with van der Waals surface area (Å²) in [5.41, 5.74) is 17.7. The molecule has 1 heterocycles. The number of ether oxygens (including phenoxy) is 1. The molecular formula is C60H41NO. The lowest BCUT2D eigenvalue weighted by Crippen LogP contribution is -2.32. The molecule has 10 aromatic carbocycles. The Morgan fingerprint density at radius 3 is 1.87 bits per heavy atom. The van der Waals surface area contributed by atoms with Crippen LogP contribution in [0.4, 0.5) is 17.1 Å². The standard InChI is InChI=1S/C60H41NO/c1-59(2)49-20-9-7-18-46(49)47-34-33-44(37-54(47)59)61(43-31-28-39(29-32-43)42-27-26-38-14-3-4-16-41(38)36-42)55-24-13-23-52-57(55)48-19-8-10-21-50(48)60(52)51-22-11-12-25-56(51)62-58-45-17-6-5-15-40(45)30-35-53(58)60/h3-37H,1-2H3. The predicted octanol–water partition coefficient (Wildman–Crippen LogP) is 15.9. The molecule has 2 heteroatoms. The summed E-state index contributed by atoms with van der Waals surface area (Å²) in [6.45, 7) is 4.74. The van der Waals surface area contributed by atoms with E-state index >= 15 is 0 Å². The van der Waals surface area contributed by atoms with Crippen molar-refractivity contribution in [1.82, 2.24) is 0 Å². The van der Waals surface area contributed by atoms with Gasteiger partial charge in [-0.3, -0.25) is 0 Å². The first-order valence-electron chi connectivity index (χ1n) is 21.7. The van der Waals surface area contributed by atoms with Crippen LogP contribution in [0.15, 0.2) is 212 Å². The van der Waals surface area contributed by atoms with E-state index in [0.717, 1.165) is 39.5 Å². The highest BCUT2D eigenvalue weighted by atomic mass is 16.5. The second kappa shape index (κ2) is 12.9. The summed E-state index contributed by atoms with van der Waals surface area (Å²) in [5.74, 6) is 1.82. The third kappa shape index (κ3) is 4.75. The first-order valence-corrected chi connectivity index (χ1v) is 21.7. The lowest BCUT2D eigenvalue weighted by Gasteiger charge is -2.40. The summed E-state index contributed by atoms with van der Waals surface area (Å²) in [7, 11) is 0. The van der Waals surface area contributed by atoms with Crippen molar-refractivity contribution < 1.29 is 4.74 Å². The van der Waals surface area contributed by atoms with Crippen LogP contribution in [0, 0.1) is 0 Å². The van der Waals surface area contributed by atoms with E-state index in [0.29, 0.717) is 0 Å². The fourth-order valence-corrected chi connectivity index (χ4v) is 11.3. The maximum Gasteiger partial charge on any atom is 0.140 e. The van der Waals surface area contributed by atoms with Gasteiger partial charge in [0.25, 0.3) is 0 Å². The van der Waals surface area contributed by atoms with Gasteiger partial charge in [0.2, 0.25) is 0 Å². The van der Waals surface area contributed by atoms with Crippen LogP contribution >= 0.6 is 0 Å². The van der Waals surface area contributed by atoms with Gasteiger partial charge in [0.05, 0.1) is 11.1 Å². The van der Waals surface area contributed by atoms with Crippen molar-refractivity contribution in [2.75, 3.05) is 4.90 Å². The molecule has 1 atom stereocenters. The Morgan fingerprint density at radius 2 is 1.02 bits per heavy atom. The average Bonchev–Trinajstić information content (AvgIpc) is 3.75. The number of fused-ring (bicyclic) bond motifs is 15. The molecule has 0 amide bonds. The SMILES string of the molecule is CC1(C)c2ccccc2-c2ccc(N(c3ccc(-c4ccc5ccccc5c4)cc3)c3cccc4c3-c3ccccc3C43c4ccccc4Oc4c3ccc3ccccc43)cc21. The predicted molar refractivity (Wildman–Crippen MR) is 257 cm³/mol. The van der Waals surface area contributed by atoms with Crippen molar-refractivity contribution in [3.63, 3.8) is 0 Å². The molecule has 292 valence electrons. The van der Waals surface area contributed by atoms with Crippen LogP contribution in [-0.4, -0.2) is 0 Å². The van der Waals surface area contributed by atoms with E-state index in [1.54, 1.807) is 0 Å². The largest absolute Gasteiger partial charge is 0.456 e. The topological polar surface area (TPSA) is 12.5 Å². The molecule has 62 heavy (non-hydrogen) atoms. The number of rotatable bonds is 4. The Kier molecular flexibility index (Phi) is 7.31. The summed E-state index contributed by atoms with van der Waals surface area (Å²) in [4.78, 5) is 2.50. The Balaban J connectivity index is 1.07. The monoisotopic (exact) mass is 791 g/mol. The number of nitrogens with zero attached hydrogens (tertiary/aromatic N) is 1. The minimum atomic E-state index is -0.608. The van der Waals surface area contributed by atoms with Gasteiger partial charge in [-0.25, -0.2) is 0 Å². The Morgan fingerprint density at radius 1 is 0.387 bits per heavy atom. The molecule has 1 spiro atoms. The van der Waals surface area contributed by atoms with Crippen molar-refractivity contribution in [2.45, 2.75) is 24.7 Å². The molecular weight excluding hydrogens is 751 g/mol. The van der Waals surface area contributed by atoms with E-state index in [1.807, 2.05) is 0 Å². The van der Waals surface area contributed by atoms with Crippen molar-refractivity contribution in [2.24, 2.45) is 0 Å². The molecule has 10 aromatic rings. The Hall–Kier alpha value is -7.68. The zero-order valence-corrected chi connectivity index (χ0v) is 34.6. The van der Waals surface area contributed by atoms with Crippen molar-refractivity contribution in [1.29, 1.82) is 0 Å². The molecule has 1 unspecified atom stereocenters. The minimum Gasteiger partial charge on any atom is -0.456 e. The van der Waals surface area contributed by atoms with Crippen LogP contribution < -0.4 is 9.64 Å². The van der Waals surface area contributed by atoms with Crippen LogP contribution in [0.2, 0.25) is 0 Å². The number of hydrogen-bond acceptors (Lipinski definition) is 2. The van der Waals surface area contributed by atoms with Gasteiger partial charge in [-0.05, 0) is 109 Å². The Bertz CT molecular complexity index is 3490. The molecule has 0 saturated carbocycles. The van der Waals surface area contributed by atoms with Crippen molar-refractivity contribution in [3.05, 3.63) is 246 Å². The molecule has 2 aliphatic carbocycles. The molecule has 0 N–H and O–H groups in total. The molecule has 3 aliphatic rings. The summed E-state index contributed by atoms with van der Waals surface area (Å²) >= 11 is 0. The van der Waals surface area contributed by atoms with E-state index in [9.17, 15) is 0 Å². The first kappa shape index (κ1) is 35.1. The summed E-state index contributed by atoms with van der Waals surface area (Å²) < 4.78 is 6.97. The summed E-state index contributed by atoms with van der Waals surface area (Å²) in [5, 5.41) is 4.78. The minimum absolute atomic E-state index is 0.152. The van der Waals surface area contributed by atoms with E-state index < -0.39 is 5.41 Å². The molecule has 1 aliphatic heterocycles. The van der Waals surface area contributed by atoms with Crippen molar-refractivity contribution >= 4 is 38.6 Å². The van der Waals surface area contributed by atoms with Gasteiger partial charge in [0.15, 0.2) is 0 Å². The molecule has 0 fully saturated rings. The smallest absolute Gasteiger partial charge is 0.140 e. The quantitative estimate of drug-likeness (QED) is 0.176. The third-order valence-electron chi connectivity index (χ3n) is 14.1. The molecule has 2 nitrogen and oxygen atoms in total. The third-order valence-corrected chi connectivity index (χ3v) is 14.1. The lowest BCUT2D eigenvalue weighted by atomic mass is 9.65. The van der Waals surface area contributed by atoms with Gasteiger partial charge < -0.3 is 9.64 Å². The maximum absolute atomic E-state index is 6.97. The molecule has 0 aromatic heterocycles. The maximum atomic E-state index is 6.97. The van der Waals surface area contributed by atoms with Gasteiger partial charge >= 0.3 is 0 Å². The summed E-state index contributed by atoms with van der Waals surface area (Å²) in [6.07, 6.45) is 0. The van der Waals surface area contributed by atoms with Crippen molar-refractivity contribution in [3.8, 4) is 44.9 Å². The number of para-hydroxylation sites is 1. The highest BCUT2D eigenvalue weighted by molar-refractivity contribution is 6.01. The number of anilines is 3. The van der Waals surface area contributed by atoms with Gasteiger partial charge in [-0.15, -0.1) is 0 Å².